The number of ether oxygens (including phenoxy) is 2. The fourth-order valence-electron chi connectivity index (χ4n) is 5.76. The first-order chi connectivity index (χ1) is 20.2. The van der Waals surface area contributed by atoms with Gasteiger partial charge < -0.3 is 29.9 Å². The summed E-state index contributed by atoms with van der Waals surface area (Å²) in [6.07, 6.45) is 2.99. The molecule has 3 aromatic rings. The van der Waals surface area contributed by atoms with E-state index in [-0.39, 0.29) is 35.4 Å². The number of aromatic nitrogens is 3. The average molecular weight is 618 g/mol. The predicted octanol–water partition coefficient (Wildman–Crippen LogP) is 3.34. The Labute approximate surface area is 250 Å². The number of hydrogen-bond donors (Lipinski definition) is 4. The number of nitrogen functional groups attached to an aromatic ring is 1. The molecule has 2 fully saturated rings. The number of nitrogens with zero attached hydrogens (tertiary/aromatic N) is 3. The smallest absolute Gasteiger partial charge is 0.459 e. The summed E-state index contributed by atoms with van der Waals surface area (Å²) in [6, 6.07) is 10.5. The van der Waals surface area contributed by atoms with Crippen LogP contribution in [0.15, 0.2) is 48.8 Å². The molecular formula is C29H40N5O8P. The molecule has 0 spiro atoms. The van der Waals surface area contributed by atoms with E-state index in [1.54, 1.807) is 42.5 Å². The minimum atomic E-state index is -4.27. The van der Waals surface area contributed by atoms with E-state index in [1.165, 1.54) is 24.7 Å². The van der Waals surface area contributed by atoms with Crippen LogP contribution in [0.3, 0.4) is 0 Å². The van der Waals surface area contributed by atoms with Crippen molar-refractivity contribution in [1.82, 2.24) is 19.7 Å². The largest absolute Gasteiger partial charge is 0.461 e. The number of rotatable bonds is 10. The molecule has 14 heteroatoms. The van der Waals surface area contributed by atoms with Crippen LogP contribution < -0.4 is 15.3 Å². The van der Waals surface area contributed by atoms with Gasteiger partial charge in [-0.05, 0) is 69.2 Å². The van der Waals surface area contributed by atoms with E-state index in [0.29, 0.717) is 5.52 Å². The fraction of sp³-hybridized carbons (Fsp3) is 0.552. The van der Waals surface area contributed by atoms with Crippen molar-refractivity contribution >= 4 is 25.1 Å². The Balaban J connectivity index is 1.32. The first kappa shape index (κ1) is 31.4. The van der Waals surface area contributed by atoms with Crippen LogP contribution >= 0.6 is 7.75 Å². The lowest BCUT2D eigenvalue weighted by Crippen LogP contribution is -2.50. The van der Waals surface area contributed by atoms with Gasteiger partial charge in [-0.1, -0.05) is 32.0 Å². The summed E-state index contributed by atoms with van der Waals surface area (Å²) in [5.74, 6) is -0.143. The van der Waals surface area contributed by atoms with E-state index in [1.807, 2.05) is 0 Å². The Hall–Kier alpha value is -3.06. The van der Waals surface area contributed by atoms with Gasteiger partial charge in [-0.2, -0.15) is 10.2 Å². The van der Waals surface area contributed by atoms with Crippen molar-refractivity contribution in [2.75, 3.05) is 18.9 Å². The number of anilines is 1. The molecule has 1 saturated heterocycles. The third kappa shape index (κ3) is 6.57. The molecule has 0 bridgehead atoms. The molecule has 5 rings (SSSR count). The Morgan fingerprint density at radius 2 is 2.00 bits per heavy atom. The summed E-state index contributed by atoms with van der Waals surface area (Å²) < 4.78 is 38.7. The lowest BCUT2D eigenvalue weighted by atomic mass is 9.76. The normalized spacial score (nSPS) is 29.2. The summed E-state index contributed by atoms with van der Waals surface area (Å²) in [5, 5.41) is 29.8. The average Bonchev–Trinajstić information content (AvgIpc) is 3.49. The molecule has 43 heavy (non-hydrogen) atoms. The van der Waals surface area contributed by atoms with Gasteiger partial charge in [-0.15, -0.1) is 0 Å². The topological polar surface area (TPSA) is 180 Å². The Morgan fingerprint density at radius 1 is 1.26 bits per heavy atom. The molecule has 3 heterocycles. The molecule has 0 amide bonds. The van der Waals surface area contributed by atoms with Crippen molar-refractivity contribution in [1.29, 1.82) is 0 Å². The van der Waals surface area contributed by atoms with Gasteiger partial charge >= 0.3 is 13.7 Å². The minimum Gasteiger partial charge on any atom is -0.461 e. The monoisotopic (exact) mass is 617 g/mol. The number of carbonyl (C=O) groups is 1. The summed E-state index contributed by atoms with van der Waals surface area (Å²) in [4.78, 5) is 17.0. The minimum absolute atomic E-state index is 0.0703. The molecule has 1 aromatic carbocycles. The third-order valence-corrected chi connectivity index (χ3v) is 9.84. The van der Waals surface area contributed by atoms with Crippen LogP contribution in [0.2, 0.25) is 0 Å². The number of aliphatic hydroxyl groups excluding tert-OH is 1. The Bertz CT molecular complexity index is 1500. The lowest BCUT2D eigenvalue weighted by molar-refractivity contribution is -0.154. The van der Waals surface area contributed by atoms with Crippen LogP contribution in [-0.4, -0.2) is 67.8 Å². The molecule has 2 aromatic heterocycles. The second kappa shape index (κ2) is 11.8. The standard InChI is InChI=1S/C29H40N5O8P/c1-19(25(35)41-21-11-8-14-27(2,3)15-21)33-43(38,42-20-9-6-5-7-10-20)40-16-28(4)26(36)29(37,17-39-28)23-13-12-22-24(30)31-18-32-34(22)23/h5-7,9-10,12-13,18-19,21,26,36-37H,8,11,14-17H2,1-4H3,(H,33,38)(H2,30,31,32)/t19-,21?,26+,28+,29+,43?/m0/s1. The first-order valence-corrected chi connectivity index (χ1v) is 15.9. The van der Waals surface area contributed by atoms with Gasteiger partial charge in [-0.3, -0.25) is 9.32 Å². The maximum Gasteiger partial charge on any atom is 0.459 e. The van der Waals surface area contributed by atoms with Gasteiger partial charge in [0, 0.05) is 0 Å². The number of nitrogens with two attached hydrogens (primary N) is 1. The highest BCUT2D eigenvalue weighted by atomic mass is 31.2. The van der Waals surface area contributed by atoms with Crippen molar-refractivity contribution in [2.24, 2.45) is 5.41 Å². The van der Waals surface area contributed by atoms with Crippen LogP contribution in [0.4, 0.5) is 5.82 Å². The Morgan fingerprint density at radius 3 is 2.72 bits per heavy atom. The van der Waals surface area contributed by atoms with Gasteiger partial charge in [0.05, 0.1) is 18.9 Å². The summed E-state index contributed by atoms with van der Waals surface area (Å²) in [6.45, 7) is 6.55. The zero-order chi connectivity index (χ0) is 31.0. The van der Waals surface area contributed by atoms with E-state index < -0.39 is 43.7 Å². The number of carbonyl (C=O) groups excluding carboxylic acids is 1. The molecule has 6 atom stereocenters. The van der Waals surface area contributed by atoms with E-state index in [4.69, 9.17) is 24.3 Å². The van der Waals surface area contributed by atoms with Crippen LogP contribution in [0.1, 0.15) is 59.1 Å². The number of fused-ring (bicyclic) bond motifs is 1. The summed E-state index contributed by atoms with van der Waals surface area (Å²) >= 11 is 0. The lowest BCUT2D eigenvalue weighted by Gasteiger charge is -2.35. The van der Waals surface area contributed by atoms with Gasteiger partial charge in [-0.25, -0.2) is 14.1 Å². The van der Waals surface area contributed by atoms with Gasteiger partial charge in [0.25, 0.3) is 0 Å². The zero-order valence-corrected chi connectivity index (χ0v) is 25.7. The molecule has 2 aliphatic rings. The first-order valence-electron chi connectivity index (χ1n) is 14.3. The van der Waals surface area contributed by atoms with Gasteiger partial charge in [0.1, 0.15) is 41.4 Å². The number of hydrogen-bond acceptors (Lipinski definition) is 11. The maximum absolute atomic E-state index is 14.1. The van der Waals surface area contributed by atoms with Gasteiger partial charge in [0.2, 0.25) is 0 Å². The van der Waals surface area contributed by atoms with Crippen LogP contribution in [0.25, 0.3) is 5.52 Å². The molecule has 5 N–H and O–H groups in total. The molecular weight excluding hydrogens is 577 g/mol. The molecule has 0 radical (unpaired) electrons. The van der Waals surface area contributed by atoms with E-state index in [2.05, 4.69) is 29.0 Å². The van der Waals surface area contributed by atoms with Crippen molar-refractivity contribution in [3.05, 3.63) is 54.5 Å². The molecule has 13 nitrogen and oxygen atoms in total. The van der Waals surface area contributed by atoms with Crippen molar-refractivity contribution < 1.29 is 38.1 Å². The fourth-order valence-corrected chi connectivity index (χ4v) is 7.35. The highest BCUT2D eigenvalue weighted by Crippen LogP contribution is 2.48. The summed E-state index contributed by atoms with van der Waals surface area (Å²) in [5.41, 5.74) is 3.24. The number of para-hydroxylation sites is 1. The van der Waals surface area contributed by atoms with E-state index in [0.717, 1.165) is 25.7 Å². The quantitative estimate of drug-likeness (QED) is 0.193. The van der Waals surface area contributed by atoms with E-state index in [9.17, 15) is 19.6 Å². The van der Waals surface area contributed by atoms with Crippen molar-refractivity contribution in [3.63, 3.8) is 0 Å². The van der Waals surface area contributed by atoms with Gasteiger partial charge in [0.15, 0.2) is 11.4 Å². The van der Waals surface area contributed by atoms with Crippen LogP contribution in [0, 0.1) is 5.41 Å². The molecule has 234 valence electrons. The highest BCUT2D eigenvalue weighted by molar-refractivity contribution is 7.52. The second-order valence-corrected chi connectivity index (χ2v) is 14.1. The molecule has 1 aliphatic heterocycles. The SMILES string of the molecule is C[C@H](NP(=O)(OC[C@@]1(C)OC[C@@](O)(c2ccc3c(N)ncnn23)[C@@H]1O)Oc1ccccc1)C(=O)OC1CCCC(C)(C)C1. The predicted molar refractivity (Wildman–Crippen MR) is 157 cm³/mol. The Kier molecular flexibility index (Phi) is 8.60. The third-order valence-electron chi connectivity index (χ3n) is 8.22. The highest BCUT2D eigenvalue weighted by Gasteiger charge is 2.58. The summed E-state index contributed by atoms with van der Waals surface area (Å²) in [7, 11) is -4.27. The van der Waals surface area contributed by atoms with Crippen LogP contribution in [-0.2, 0) is 29.0 Å². The molecule has 1 aliphatic carbocycles. The van der Waals surface area contributed by atoms with Crippen molar-refractivity contribution in [3.8, 4) is 5.75 Å². The number of benzene rings is 1. The number of esters is 1. The molecule has 1 saturated carbocycles. The number of nitrogens with one attached hydrogen (secondary N) is 1. The van der Waals surface area contributed by atoms with E-state index >= 15 is 0 Å². The van der Waals surface area contributed by atoms with Crippen molar-refractivity contribution in [2.45, 2.75) is 82.8 Å². The second-order valence-electron chi connectivity index (χ2n) is 12.4. The molecule has 2 unspecified atom stereocenters. The number of aliphatic hydroxyl groups is 2. The van der Waals surface area contributed by atoms with Crippen LogP contribution in [0.5, 0.6) is 5.75 Å². The maximum atomic E-state index is 14.1. The zero-order valence-electron chi connectivity index (χ0n) is 24.8.